The third kappa shape index (κ3) is 1.04. The van der Waals surface area contributed by atoms with Crippen LogP contribution in [0.15, 0.2) is 10.8 Å². The van der Waals surface area contributed by atoms with Crippen molar-refractivity contribution in [1.29, 1.82) is 0 Å². The second kappa shape index (κ2) is 2.42. The summed E-state index contributed by atoms with van der Waals surface area (Å²) in [7, 11) is 0. The highest BCUT2D eigenvalue weighted by molar-refractivity contribution is 9.10. The molecule has 0 fully saturated rings. The number of anilines is 1. The van der Waals surface area contributed by atoms with E-state index in [9.17, 15) is 5.21 Å². The summed E-state index contributed by atoms with van der Waals surface area (Å²) in [5, 5.41) is 10.9. The van der Waals surface area contributed by atoms with Gasteiger partial charge < -0.3 is 10.9 Å². The van der Waals surface area contributed by atoms with Crippen molar-refractivity contribution in [2.75, 3.05) is 5.73 Å². The van der Waals surface area contributed by atoms with Crippen molar-refractivity contribution < 1.29 is 4.73 Å². The normalized spacial score (nSPS) is 9.80. The fraction of sp³-hybridized carbons (Fsp3) is 0.200. The summed E-state index contributed by atoms with van der Waals surface area (Å²) in [4.78, 5) is 3.75. The van der Waals surface area contributed by atoms with E-state index < -0.39 is 0 Å². The van der Waals surface area contributed by atoms with Crippen LogP contribution >= 0.6 is 15.9 Å². The summed E-state index contributed by atoms with van der Waals surface area (Å²) >= 11 is 2.99. The summed E-state index contributed by atoms with van der Waals surface area (Å²) in [5.41, 5.74) is 5.83. The first-order valence-electron chi connectivity index (χ1n) is 2.63. The van der Waals surface area contributed by atoms with Gasteiger partial charge in [0.25, 0.3) is 0 Å². The quantitative estimate of drug-likeness (QED) is 0.490. The molecule has 0 radical (unpaired) electrons. The van der Waals surface area contributed by atoms with Crippen LogP contribution in [0.2, 0.25) is 0 Å². The molecule has 0 bridgehead atoms. The van der Waals surface area contributed by atoms with Crippen molar-refractivity contribution >= 4 is 21.7 Å². The highest BCUT2D eigenvalue weighted by Gasteiger charge is 2.08. The van der Waals surface area contributed by atoms with E-state index >= 15 is 0 Å². The summed E-state index contributed by atoms with van der Waals surface area (Å²) in [6, 6.07) is 0. The van der Waals surface area contributed by atoms with Gasteiger partial charge in [-0.15, -0.1) is 0 Å². The predicted octanol–water partition coefficient (Wildman–Crippen LogP) is 0.368. The Hall–Kier alpha value is -0.840. The third-order valence-corrected chi connectivity index (χ3v) is 1.83. The van der Waals surface area contributed by atoms with Crippen molar-refractivity contribution in [3.05, 3.63) is 21.7 Å². The van der Waals surface area contributed by atoms with Gasteiger partial charge >= 0.3 is 4.60 Å². The first-order chi connectivity index (χ1) is 4.63. The Bertz CT molecular complexity index is 236. The zero-order valence-corrected chi connectivity index (χ0v) is 6.92. The molecule has 0 aliphatic carbocycles. The molecule has 0 atom stereocenters. The average Bonchev–Trinajstić information content (AvgIpc) is 1.93. The van der Waals surface area contributed by atoms with Gasteiger partial charge in [0.1, 0.15) is 0 Å². The number of nitrogens with zero attached hydrogens (tertiary/aromatic N) is 2. The maximum atomic E-state index is 10.9. The molecule has 5 heteroatoms. The van der Waals surface area contributed by atoms with E-state index in [-0.39, 0.29) is 10.4 Å². The Morgan fingerprint density at radius 2 is 2.40 bits per heavy atom. The number of nitrogens with two attached hydrogens (primary N) is 1. The number of hydrogen-bond acceptors (Lipinski definition) is 3. The maximum Gasteiger partial charge on any atom is 0.301 e. The molecule has 10 heavy (non-hydrogen) atoms. The van der Waals surface area contributed by atoms with Gasteiger partial charge in [-0.3, -0.25) is 0 Å². The van der Waals surface area contributed by atoms with Crippen molar-refractivity contribution in [3.63, 3.8) is 0 Å². The number of rotatable bonds is 0. The van der Waals surface area contributed by atoms with Crippen LogP contribution in [0.5, 0.6) is 0 Å². The molecule has 4 nitrogen and oxygen atoms in total. The molecule has 0 aliphatic rings. The summed E-state index contributed by atoms with van der Waals surface area (Å²) in [6.07, 6.45) is 1.42. The van der Waals surface area contributed by atoms with E-state index in [0.717, 1.165) is 0 Å². The smallest absolute Gasteiger partial charge is 0.301 e. The molecule has 0 spiro atoms. The second-order valence-corrected chi connectivity index (χ2v) is 2.62. The number of aryl methyl sites for hydroxylation is 1. The van der Waals surface area contributed by atoms with E-state index in [1.807, 2.05) is 0 Å². The zero-order valence-electron chi connectivity index (χ0n) is 5.34. The Balaban J connectivity index is 3.34. The number of aromatic nitrogens is 2. The molecule has 1 aromatic rings. The summed E-state index contributed by atoms with van der Waals surface area (Å²) < 4.78 is 0.954. The summed E-state index contributed by atoms with van der Waals surface area (Å²) in [6.45, 7) is 1.66. The SMILES string of the molecule is Cc1cnc(N)c(Br)[n+]1[O-]. The average molecular weight is 204 g/mol. The van der Waals surface area contributed by atoms with Crippen LogP contribution in [0.4, 0.5) is 5.82 Å². The Morgan fingerprint density at radius 1 is 1.80 bits per heavy atom. The highest BCUT2D eigenvalue weighted by Crippen LogP contribution is 2.09. The minimum Gasteiger partial charge on any atom is -0.618 e. The van der Waals surface area contributed by atoms with Crippen molar-refractivity contribution in [2.45, 2.75) is 6.92 Å². The van der Waals surface area contributed by atoms with Crippen LogP contribution in [0.25, 0.3) is 0 Å². The lowest BCUT2D eigenvalue weighted by molar-refractivity contribution is -0.623. The van der Waals surface area contributed by atoms with Gasteiger partial charge in [0.15, 0.2) is 0 Å². The van der Waals surface area contributed by atoms with Gasteiger partial charge in [-0.05, 0) is 0 Å². The molecular formula is C5H6BrN3O. The minimum atomic E-state index is 0.209. The standard InChI is InChI=1S/C5H6BrN3O/c1-3-2-8-5(7)4(6)9(3)10/h2H,1H3,(H2,7,8). The summed E-state index contributed by atoms with van der Waals surface area (Å²) in [5.74, 6) is 0.209. The fourth-order valence-electron chi connectivity index (χ4n) is 0.528. The third-order valence-electron chi connectivity index (χ3n) is 1.10. The van der Waals surface area contributed by atoms with E-state index in [0.29, 0.717) is 10.4 Å². The molecule has 0 amide bonds. The molecule has 0 aromatic carbocycles. The molecule has 0 aliphatic heterocycles. The van der Waals surface area contributed by atoms with Crippen LogP contribution in [0, 0.1) is 12.1 Å². The van der Waals surface area contributed by atoms with E-state index in [1.165, 1.54) is 6.20 Å². The number of hydrogen-bond donors (Lipinski definition) is 1. The molecule has 0 saturated carbocycles. The Labute approximate surface area is 66.4 Å². The first-order valence-corrected chi connectivity index (χ1v) is 3.42. The van der Waals surface area contributed by atoms with E-state index in [1.54, 1.807) is 6.92 Å². The van der Waals surface area contributed by atoms with Crippen LogP contribution in [-0.4, -0.2) is 4.98 Å². The minimum absolute atomic E-state index is 0.209. The molecule has 2 N–H and O–H groups in total. The van der Waals surface area contributed by atoms with Crippen LogP contribution in [0.1, 0.15) is 5.69 Å². The van der Waals surface area contributed by atoms with Crippen molar-refractivity contribution in [3.8, 4) is 0 Å². The molecule has 1 rings (SSSR count). The van der Waals surface area contributed by atoms with Crippen LogP contribution < -0.4 is 10.5 Å². The van der Waals surface area contributed by atoms with Gasteiger partial charge in [0.05, 0.1) is 6.20 Å². The topological polar surface area (TPSA) is 65.8 Å². The fourth-order valence-corrected chi connectivity index (χ4v) is 0.910. The van der Waals surface area contributed by atoms with Gasteiger partial charge in [-0.25, -0.2) is 4.98 Å². The van der Waals surface area contributed by atoms with Gasteiger partial charge in [-0.2, -0.15) is 4.73 Å². The zero-order chi connectivity index (χ0) is 7.72. The lowest BCUT2D eigenvalue weighted by Crippen LogP contribution is -2.33. The molecule has 54 valence electrons. The van der Waals surface area contributed by atoms with Gasteiger partial charge in [0, 0.05) is 22.9 Å². The predicted molar refractivity (Wildman–Crippen MR) is 40.0 cm³/mol. The molecule has 0 saturated heterocycles. The van der Waals surface area contributed by atoms with Gasteiger partial charge in [-0.1, -0.05) is 0 Å². The first kappa shape index (κ1) is 7.27. The monoisotopic (exact) mass is 203 g/mol. The van der Waals surface area contributed by atoms with Crippen molar-refractivity contribution in [2.24, 2.45) is 0 Å². The number of halogens is 1. The second-order valence-electron chi connectivity index (χ2n) is 1.87. The van der Waals surface area contributed by atoms with Crippen molar-refractivity contribution in [1.82, 2.24) is 4.98 Å². The maximum absolute atomic E-state index is 10.9. The molecule has 0 unspecified atom stereocenters. The van der Waals surface area contributed by atoms with Crippen LogP contribution in [-0.2, 0) is 0 Å². The van der Waals surface area contributed by atoms with Crippen LogP contribution in [0.3, 0.4) is 0 Å². The van der Waals surface area contributed by atoms with E-state index in [2.05, 4.69) is 20.9 Å². The van der Waals surface area contributed by atoms with E-state index in [4.69, 9.17) is 5.73 Å². The largest absolute Gasteiger partial charge is 0.618 e. The lowest BCUT2D eigenvalue weighted by atomic mass is 10.5. The Morgan fingerprint density at radius 3 is 2.90 bits per heavy atom. The number of nitrogen functional groups attached to an aromatic ring is 1. The molecule has 1 aromatic heterocycles. The van der Waals surface area contributed by atoms with Gasteiger partial charge in [0.2, 0.25) is 11.5 Å². The molecular weight excluding hydrogens is 198 g/mol. The molecule has 1 heterocycles. The highest BCUT2D eigenvalue weighted by atomic mass is 79.9. The lowest BCUT2D eigenvalue weighted by Gasteiger charge is -2.02. The Kier molecular flexibility index (Phi) is 1.76.